The number of morpholine rings is 1. The maximum atomic E-state index is 14.8. The summed E-state index contributed by atoms with van der Waals surface area (Å²) in [4.78, 5) is 2.02. The van der Waals surface area contributed by atoms with Gasteiger partial charge in [0.1, 0.15) is 11.9 Å². The second-order valence-electron chi connectivity index (χ2n) is 6.47. The Morgan fingerprint density at radius 3 is 2.61 bits per heavy atom. The molecule has 1 saturated heterocycles. The average Bonchev–Trinajstić information content (AvgIpc) is 3.38. The van der Waals surface area contributed by atoms with Crippen LogP contribution >= 0.6 is 0 Å². The van der Waals surface area contributed by atoms with Crippen LogP contribution in [-0.4, -0.2) is 42.7 Å². The van der Waals surface area contributed by atoms with E-state index in [2.05, 4.69) is 13.2 Å². The minimum absolute atomic E-state index is 0.0944. The van der Waals surface area contributed by atoms with Crippen molar-refractivity contribution in [3.05, 3.63) is 36.2 Å². The molecule has 0 N–H and O–H groups in total. The largest absolute Gasteiger partial charge is 0.369 e. The SMILES string of the molecule is C=C/C(=C(/F)C(=C)C(C)CC)C(F)(F)C1CN(C2CC2)CCO1. The molecule has 130 valence electrons. The molecule has 0 spiro atoms. The fourth-order valence-electron chi connectivity index (χ4n) is 2.84. The van der Waals surface area contributed by atoms with Crippen LogP contribution < -0.4 is 0 Å². The fraction of sp³-hybridized carbons (Fsp3) is 0.667. The molecular weight excluding hydrogens is 303 g/mol. The van der Waals surface area contributed by atoms with Crippen LogP contribution in [0, 0.1) is 5.92 Å². The van der Waals surface area contributed by atoms with Crippen LogP contribution in [0.15, 0.2) is 36.2 Å². The smallest absolute Gasteiger partial charge is 0.302 e. The van der Waals surface area contributed by atoms with Gasteiger partial charge in [-0.2, -0.15) is 8.78 Å². The summed E-state index contributed by atoms with van der Waals surface area (Å²) in [5.74, 6) is -4.57. The van der Waals surface area contributed by atoms with Crippen molar-refractivity contribution >= 4 is 0 Å². The van der Waals surface area contributed by atoms with E-state index in [-0.39, 0.29) is 24.6 Å². The fourth-order valence-corrected chi connectivity index (χ4v) is 2.84. The van der Waals surface area contributed by atoms with Gasteiger partial charge in [0.05, 0.1) is 12.2 Å². The molecule has 0 aromatic rings. The third-order valence-corrected chi connectivity index (χ3v) is 4.85. The highest BCUT2D eigenvalue weighted by molar-refractivity contribution is 5.39. The van der Waals surface area contributed by atoms with E-state index in [4.69, 9.17) is 4.74 Å². The summed E-state index contributed by atoms with van der Waals surface area (Å²) >= 11 is 0. The van der Waals surface area contributed by atoms with E-state index in [1.54, 1.807) is 6.92 Å². The van der Waals surface area contributed by atoms with Crippen LogP contribution in [0.2, 0.25) is 0 Å². The number of allylic oxidation sites excluding steroid dienone is 3. The first kappa shape index (κ1) is 18.3. The zero-order valence-corrected chi connectivity index (χ0v) is 14.0. The Labute approximate surface area is 136 Å². The molecule has 2 nitrogen and oxygen atoms in total. The van der Waals surface area contributed by atoms with Crippen LogP contribution in [0.1, 0.15) is 33.1 Å². The molecule has 1 saturated carbocycles. The van der Waals surface area contributed by atoms with Crippen molar-refractivity contribution in [2.24, 2.45) is 5.92 Å². The molecule has 1 heterocycles. The first-order chi connectivity index (χ1) is 10.8. The molecule has 0 aromatic carbocycles. The minimum atomic E-state index is -3.42. The minimum Gasteiger partial charge on any atom is -0.369 e. The average molecular weight is 329 g/mol. The van der Waals surface area contributed by atoms with Crippen molar-refractivity contribution in [1.29, 1.82) is 0 Å². The number of halogens is 3. The Bertz CT molecular complexity index is 496. The van der Waals surface area contributed by atoms with Gasteiger partial charge in [0.25, 0.3) is 0 Å². The highest BCUT2D eigenvalue weighted by Gasteiger charge is 2.48. The summed E-state index contributed by atoms with van der Waals surface area (Å²) in [6, 6.07) is 0.383. The molecule has 2 rings (SSSR count). The number of rotatable bonds is 7. The lowest BCUT2D eigenvalue weighted by molar-refractivity contribution is -0.147. The van der Waals surface area contributed by atoms with E-state index in [1.165, 1.54) is 0 Å². The molecule has 1 aliphatic heterocycles. The van der Waals surface area contributed by atoms with Gasteiger partial charge in [-0.1, -0.05) is 33.1 Å². The van der Waals surface area contributed by atoms with E-state index >= 15 is 0 Å². The van der Waals surface area contributed by atoms with Gasteiger partial charge in [-0.05, 0) is 30.8 Å². The highest BCUT2D eigenvalue weighted by Crippen LogP contribution is 2.39. The number of hydrogen-bond donors (Lipinski definition) is 0. The highest BCUT2D eigenvalue weighted by atomic mass is 19.3. The zero-order valence-electron chi connectivity index (χ0n) is 14.0. The third-order valence-electron chi connectivity index (χ3n) is 4.85. The molecule has 0 aromatic heterocycles. The molecule has 0 amide bonds. The maximum Gasteiger partial charge on any atom is 0.302 e. The molecule has 0 radical (unpaired) electrons. The number of ether oxygens (including phenoxy) is 1. The van der Waals surface area contributed by atoms with E-state index < -0.39 is 23.4 Å². The van der Waals surface area contributed by atoms with E-state index in [9.17, 15) is 13.2 Å². The third kappa shape index (κ3) is 3.89. The van der Waals surface area contributed by atoms with E-state index in [0.717, 1.165) is 18.9 Å². The van der Waals surface area contributed by atoms with E-state index in [0.29, 0.717) is 19.0 Å². The molecular formula is C18H26F3NO. The second kappa shape index (κ2) is 7.22. The summed E-state index contributed by atoms with van der Waals surface area (Å²) in [5.41, 5.74) is -0.609. The summed E-state index contributed by atoms with van der Waals surface area (Å²) in [6.45, 7) is 11.7. The monoisotopic (exact) mass is 329 g/mol. The Balaban J connectivity index is 2.23. The first-order valence-electron chi connectivity index (χ1n) is 8.28. The molecule has 1 aliphatic carbocycles. The van der Waals surface area contributed by atoms with E-state index in [1.807, 2.05) is 11.8 Å². The Hall–Kier alpha value is -1.07. The van der Waals surface area contributed by atoms with Gasteiger partial charge < -0.3 is 4.74 Å². The maximum absolute atomic E-state index is 14.8. The summed E-state index contributed by atoms with van der Waals surface area (Å²) < 4.78 is 49.6. The van der Waals surface area contributed by atoms with Gasteiger partial charge in [-0.3, -0.25) is 4.90 Å². The Morgan fingerprint density at radius 1 is 1.43 bits per heavy atom. The predicted molar refractivity (Wildman–Crippen MR) is 86.2 cm³/mol. The second-order valence-corrected chi connectivity index (χ2v) is 6.47. The molecule has 2 unspecified atom stereocenters. The van der Waals surface area contributed by atoms with Crippen molar-refractivity contribution in [3.8, 4) is 0 Å². The Morgan fingerprint density at radius 2 is 2.09 bits per heavy atom. The lowest BCUT2D eigenvalue weighted by atomic mass is 9.92. The quantitative estimate of drug-likeness (QED) is 0.638. The molecule has 2 atom stereocenters. The lowest BCUT2D eigenvalue weighted by Gasteiger charge is -2.37. The van der Waals surface area contributed by atoms with Crippen LogP contribution in [0.3, 0.4) is 0 Å². The molecule has 0 bridgehead atoms. The van der Waals surface area contributed by atoms with Crippen molar-refractivity contribution in [2.45, 2.75) is 51.2 Å². The first-order valence-corrected chi connectivity index (χ1v) is 8.28. The van der Waals surface area contributed by atoms with Gasteiger partial charge >= 0.3 is 5.92 Å². The number of hydrogen-bond acceptors (Lipinski definition) is 2. The van der Waals surface area contributed by atoms with Gasteiger partial charge in [-0.25, -0.2) is 4.39 Å². The van der Waals surface area contributed by atoms with Crippen LogP contribution in [-0.2, 0) is 4.74 Å². The molecule has 5 heteroatoms. The van der Waals surface area contributed by atoms with Gasteiger partial charge in [0.15, 0.2) is 0 Å². The molecule has 2 fully saturated rings. The van der Waals surface area contributed by atoms with Crippen molar-refractivity contribution in [3.63, 3.8) is 0 Å². The lowest BCUT2D eigenvalue weighted by Crippen LogP contribution is -2.52. The van der Waals surface area contributed by atoms with Crippen LogP contribution in [0.5, 0.6) is 0 Å². The van der Waals surface area contributed by atoms with Crippen molar-refractivity contribution in [2.75, 3.05) is 19.7 Å². The predicted octanol–water partition coefficient (Wildman–Crippen LogP) is 4.50. The molecule has 23 heavy (non-hydrogen) atoms. The van der Waals surface area contributed by atoms with Crippen LogP contribution in [0.25, 0.3) is 0 Å². The standard InChI is InChI=1S/C18H26F3NO/c1-5-12(3)13(4)17(19)15(6-2)18(20,21)16-11-22(9-10-23-16)14-7-8-14/h6,12,14,16H,2,4-5,7-11H2,1,3H3/b17-15-. The van der Waals surface area contributed by atoms with Crippen LogP contribution in [0.4, 0.5) is 13.2 Å². The summed E-state index contributed by atoms with van der Waals surface area (Å²) in [7, 11) is 0. The summed E-state index contributed by atoms with van der Waals surface area (Å²) in [6.07, 6.45) is 2.28. The number of alkyl halides is 2. The molecule has 2 aliphatic rings. The van der Waals surface area contributed by atoms with Crippen molar-refractivity contribution < 1.29 is 17.9 Å². The normalized spacial score (nSPS) is 25.7. The summed E-state index contributed by atoms with van der Waals surface area (Å²) in [5, 5.41) is 0. The zero-order chi connectivity index (χ0) is 17.2. The Kier molecular flexibility index (Phi) is 5.74. The van der Waals surface area contributed by atoms with Gasteiger partial charge in [0, 0.05) is 19.1 Å². The van der Waals surface area contributed by atoms with Crippen molar-refractivity contribution in [1.82, 2.24) is 4.90 Å². The number of nitrogens with zero attached hydrogens (tertiary/aromatic N) is 1. The van der Waals surface area contributed by atoms with Gasteiger partial charge in [0.2, 0.25) is 0 Å². The topological polar surface area (TPSA) is 12.5 Å². The van der Waals surface area contributed by atoms with Gasteiger partial charge in [-0.15, -0.1) is 0 Å².